The van der Waals surface area contributed by atoms with Gasteiger partial charge in [0.1, 0.15) is 5.75 Å². The molecule has 0 aliphatic heterocycles. The Morgan fingerprint density at radius 2 is 1.92 bits per heavy atom. The van der Waals surface area contributed by atoms with Crippen LogP contribution < -0.4 is 15.4 Å². The van der Waals surface area contributed by atoms with Crippen LogP contribution in [0.5, 0.6) is 5.75 Å². The van der Waals surface area contributed by atoms with Crippen LogP contribution in [0.15, 0.2) is 29.3 Å². The van der Waals surface area contributed by atoms with E-state index >= 15 is 0 Å². The van der Waals surface area contributed by atoms with Gasteiger partial charge >= 0.3 is 0 Å². The zero-order valence-corrected chi connectivity index (χ0v) is 17.1. The van der Waals surface area contributed by atoms with Crippen molar-refractivity contribution >= 4 is 29.9 Å². The zero-order valence-electron chi connectivity index (χ0n) is 14.8. The van der Waals surface area contributed by atoms with Crippen LogP contribution in [0.2, 0.25) is 0 Å². The minimum atomic E-state index is 0. The number of halogens is 1. The molecule has 2 aliphatic carbocycles. The van der Waals surface area contributed by atoms with Gasteiger partial charge in [-0.25, -0.2) is 0 Å². The summed E-state index contributed by atoms with van der Waals surface area (Å²) in [7, 11) is 3.55. The van der Waals surface area contributed by atoms with Gasteiger partial charge < -0.3 is 15.4 Å². The number of hydrogen-bond acceptors (Lipinski definition) is 2. The fourth-order valence-electron chi connectivity index (χ4n) is 3.65. The highest BCUT2D eigenvalue weighted by atomic mass is 127. The number of aliphatic imine (C=N–C) groups is 1. The Bertz CT molecular complexity index is 536. The van der Waals surface area contributed by atoms with Crippen LogP contribution >= 0.6 is 24.0 Å². The summed E-state index contributed by atoms with van der Waals surface area (Å²) in [6.45, 7) is 1.97. The summed E-state index contributed by atoms with van der Waals surface area (Å²) in [5.41, 5.74) is 1.88. The number of hydrogen-bond donors (Lipinski definition) is 2. The van der Waals surface area contributed by atoms with Crippen molar-refractivity contribution in [2.24, 2.45) is 16.3 Å². The molecular formula is C19H30IN3O. The number of nitrogens with zero attached hydrogens (tertiary/aromatic N) is 1. The van der Waals surface area contributed by atoms with Gasteiger partial charge in [0, 0.05) is 20.1 Å². The number of ether oxygens (including phenoxy) is 1. The molecule has 24 heavy (non-hydrogen) atoms. The Kier molecular flexibility index (Phi) is 7.19. The first kappa shape index (κ1) is 19.3. The Labute approximate surface area is 162 Å². The van der Waals surface area contributed by atoms with Gasteiger partial charge in [0.2, 0.25) is 0 Å². The van der Waals surface area contributed by atoms with Crippen LogP contribution in [-0.4, -0.2) is 33.2 Å². The molecule has 134 valence electrons. The first-order valence-electron chi connectivity index (χ1n) is 8.83. The maximum atomic E-state index is 5.19. The lowest BCUT2D eigenvalue weighted by atomic mass is 9.65. The lowest BCUT2D eigenvalue weighted by Gasteiger charge is -2.43. The first-order chi connectivity index (χ1) is 11.3. The summed E-state index contributed by atoms with van der Waals surface area (Å²) in [6, 6.07) is 8.26. The maximum Gasteiger partial charge on any atom is 0.191 e. The molecule has 0 spiro atoms. The summed E-state index contributed by atoms with van der Waals surface area (Å²) in [5, 5.41) is 6.99. The average Bonchev–Trinajstić information content (AvgIpc) is 3.38. The maximum absolute atomic E-state index is 5.19. The van der Waals surface area contributed by atoms with Crippen LogP contribution in [0, 0.1) is 11.3 Å². The number of nitrogens with one attached hydrogen (secondary N) is 2. The largest absolute Gasteiger partial charge is 0.497 e. The third-order valence-electron chi connectivity index (χ3n) is 5.49. The second-order valence-corrected chi connectivity index (χ2v) is 6.94. The molecule has 0 bridgehead atoms. The second kappa shape index (κ2) is 8.92. The molecule has 4 nitrogen and oxygen atoms in total. The Balaban J connectivity index is 0.00000208. The summed E-state index contributed by atoms with van der Waals surface area (Å²) < 4.78 is 5.19. The Morgan fingerprint density at radius 1 is 1.21 bits per heavy atom. The number of benzene rings is 1. The van der Waals surface area contributed by atoms with Crippen LogP contribution in [-0.2, 0) is 6.42 Å². The minimum Gasteiger partial charge on any atom is -0.497 e. The lowest BCUT2D eigenvalue weighted by Crippen LogP contribution is -2.47. The predicted molar refractivity (Wildman–Crippen MR) is 110 cm³/mol. The number of methoxy groups -OCH3 is 1. The summed E-state index contributed by atoms with van der Waals surface area (Å²) >= 11 is 0. The van der Waals surface area contributed by atoms with Crippen molar-refractivity contribution in [3.05, 3.63) is 29.8 Å². The van der Waals surface area contributed by atoms with Gasteiger partial charge in [0.25, 0.3) is 0 Å². The van der Waals surface area contributed by atoms with Crippen LogP contribution in [0.1, 0.15) is 37.7 Å². The molecule has 0 radical (unpaired) electrons. The van der Waals surface area contributed by atoms with Crippen molar-refractivity contribution in [2.45, 2.75) is 38.5 Å². The van der Waals surface area contributed by atoms with Gasteiger partial charge in [-0.1, -0.05) is 18.6 Å². The van der Waals surface area contributed by atoms with E-state index < -0.39 is 0 Å². The fraction of sp³-hybridized carbons (Fsp3) is 0.632. The monoisotopic (exact) mass is 443 g/mol. The van der Waals surface area contributed by atoms with Gasteiger partial charge in [-0.15, -0.1) is 24.0 Å². The summed E-state index contributed by atoms with van der Waals surface area (Å²) in [4.78, 5) is 4.36. The van der Waals surface area contributed by atoms with E-state index in [1.807, 2.05) is 19.2 Å². The standard InChI is InChI=1S/C19H29N3O.HI/c1-20-18(22-14-19(11-3-12-19)16-6-7-16)21-13-10-15-4-8-17(23-2)9-5-15;/h4-5,8-9,16H,3,6-7,10-14H2,1-2H3,(H2,20,21,22);1H. The van der Waals surface area contributed by atoms with E-state index in [-0.39, 0.29) is 24.0 Å². The first-order valence-corrected chi connectivity index (χ1v) is 8.83. The SMILES string of the molecule is CN=C(NCCc1ccc(OC)cc1)NCC1(C2CC2)CCC1.I. The van der Waals surface area contributed by atoms with Crippen molar-refractivity contribution in [1.29, 1.82) is 0 Å². The molecule has 2 N–H and O–H groups in total. The van der Waals surface area contributed by atoms with Crippen molar-refractivity contribution in [3.8, 4) is 5.75 Å². The van der Waals surface area contributed by atoms with E-state index in [0.29, 0.717) is 5.41 Å². The van der Waals surface area contributed by atoms with Gasteiger partial charge in [-0.05, 0) is 61.1 Å². The fourth-order valence-corrected chi connectivity index (χ4v) is 3.65. The lowest BCUT2D eigenvalue weighted by molar-refractivity contribution is 0.106. The normalized spacial score (nSPS) is 19.0. The molecule has 0 aromatic heterocycles. The quantitative estimate of drug-likeness (QED) is 0.385. The molecule has 3 rings (SSSR count). The van der Waals surface area contributed by atoms with E-state index in [1.165, 1.54) is 37.7 Å². The smallest absolute Gasteiger partial charge is 0.191 e. The highest BCUT2D eigenvalue weighted by Crippen LogP contribution is 2.56. The zero-order chi connectivity index (χ0) is 16.1. The average molecular weight is 443 g/mol. The molecule has 5 heteroatoms. The molecule has 2 saturated carbocycles. The second-order valence-electron chi connectivity index (χ2n) is 6.94. The van der Waals surface area contributed by atoms with Gasteiger partial charge in [0.15, 0.2) is 5.96 Å². The third-order valence-corrected chi connectivity index (χ3v) is 5.49. The van der Waals surface area contributed by atoms with E-state index in [1.54, 1.807) is 7.11 Å². The van der Waals surface area contributed by atoms with Crippen LogP contribution in [0.4, 0.5) is 0 Å². The van der Waals surface area contributed by atoms with Gasteiger partial charge in [-0.3, -0.25) is 4.99 Å². The molecule has 2 aliphatic rings. The summed E-state index contributed by atoms with van der Waals surface area (Å²) in [6.07, 6.45) is 8.05. The topological polar surface area (TPSA) is 45.7 Å². The van der Waals surface area contributed by atoms with Crippen molar-refractivity contribution < 1.29 is 4.74 Å². The molecule has 0 atom stereocenters. The Hall–Kier alpha value is -0.980. The van der Waals surface area contributed by atoms with Crippen molar-refractivity contribution in [2.75, 3.05) is 27.2 Å². The highest BCUT2D eigenvalue weighted by Gasteiger charge is 2.48. The molecular weight excluding hydrogens is 413 g/mol. The molecule has 0 saturated heterocycles. The van der Waals surface area contributed by atoms with Crippen molar-refractivity contribution in [3.63, 3.8) is 0 Å². The van der Waals surface area contributed by atoms with Crippen LogP contribution in [0.3, 0.4) is 0 Å². The number of rotatable bonds is 7. The third kappa shape index (κ3) is 4.77. The van der Waals surface area contributed by atoms with Gasteiger partial charge in [0.05, 0.1) is 7.11 Å². The highest BCUT2D eigenvalue weighted by molar-refractivity contribution is 14.0. The van der Waals surface area contributed by atoms with Gasteiger partial charge in [-0.2, -0.15) is 0 Å². The van der Waals surface area contributed by atoms with E-state index in [0.717, 1.165) is 37.1 Å². The molecule has 0 unspecified atom stereocenters. The molecule has 0 heterocycles. The minimum absolute atomic E-state index is 0. The molecule has 0 amide bonds. The van der Waals surface area contributed by atoms with E-state index in [9.17, 15) is 0 Å². The van der Waals surface area contributed by atoms with E-state index in [2.05, 4.69) is 27.8 Å². The molecule has 2 fully saturated rings. The van der Waals surface area contributed by atoms with Crippen molar-refractivity contribution in [1.82, 2.24) is 10.6 Å². The molecule has 1 aromatic rings. The predicted octanol–water partition coefficient (Wildman–Crippen LogP) is 3.60. The Morgan fingerprint density at radius 3 is 2.42 bits per heavy atom. The van der Waals surface area contributed by atoms with Crippen LogP contribution in [0.25, 0.3) is 0 Å². The summed E-state index contributed by atoms with van der Waals surface area (Å²) in [5.74, 6) is 2.82. The molecule has 1 aromatic carbocycles. The van der Waals surface area contributed by atoms with E-state index in [4.69, 9.17) is 4.74 Å². The number of guanidine groups is 1.